The summed E-state index contributed by atoms with van der Waals surface area (Å²) in [6, 6.07) is 19.4. The number of hydrogen-bond donors (Lipinski definition) is 2. The molecule has 4 rings (SSSR count). The van der Waals surface area contributed by atoms with Gasteiger partial charge in [-0.2, -0.15) is 15.0 Å². The van der Waals surface area contributed by atoms with E-state index in [2.05, 4.69) is 26.3 Å². The second-order valence-electron chi connectivity index (χ2n) is 5.87. The van der Waals surface area contributed by atoms with Gasteiger partial charge in [-0.25, -0.2) is 0 Å². The van der Waals surface area contributed by atoms with Crippen LogP contribution in [0.2, 0.25) is 5.02 Å². The third-order valence-electron chi connectivity index (χ3n) is 4.06. The van der Waals surface area contributed by atoms with Gasteiger partial charge in [-0.15, -0.1) is 0 Å². The van der Waals surface area contributed by atoms with Crippen LogP contribution >= 0.6 is 11.6 Å². The van der Waals surface area contributed by atoms with Gasteiger partial charge in [0.25, 0.3) is 0 Å². The van der Waals surface area contributed by atoms with Crippen molar-refractivity contribution in [1.82, 2.24) is 15.0 Å². The van der Waals surface area contributed by atoms with Crippen molar-refractivity contribution in [3.8, 4) is 17.1 Å². The molecule has 0 saturated carbocycles. The van der Waals surface area contributed by atoms with Crippen molar-refractivity contribution in [3.05, 3.63) is 65.7 Å². The van der Waals surface area contributed by atoms with Gasteiger partial charge >= 0.3 is 0 Å². The highest BCUT2D eigenvalue weighted by Gasteiger charge is 2.13. The average molecular weight is 378 g/mol. The lowest BCUT2D eigenvalue weighted by atomic mass is 10.1. The zero-order valence-corrected chi connectivity index (χ0v) is 15.2. The number of nitrogens with two attached hydrogens (primary N) is 1. The molecule has 4 aromatic rings. The SMILES string of the molecule is COc1ccc(Cl)cc1-c1nc(N)nc(Nc2ccc3ccccc3c2)n1. The largest absolute Gasteiger partial charge is 0.496 e. The van der Waals surface area contributed by atoms with E-state index in [0.717, 1.165) is 16.5 Å². The lowest BCUT2D eigenvalue weighted by Gasteiger charge is -2.11. The van der Waals surface area contributed by atoms with Crippen LogP contribution in [0, 0.1) is 0 Å². The molecule has 1 heterocycles. The summed E-state index contributed by atoms with van der Waals surface area (Å²) in [6.07, 6.45) is 0. The molecule has 0 amide bonds. The second kappa shape index (κ2) is 7.09. The Morgan fingerprint density at radius 3 is 2.56 bits per heavy atom. The molecule has 0 unspecified atom stereocenters. The third kappa shape index (κ3) is 3.61. The number of nitrogens with one attached hydrogen (secondary N) is 1. The van der Waals surface area contributed by atoms with Gasteiger partial charge in [0.15, 0.2) is 5.82 Å². The molecule has 3 aromatic carbocycles. The quantitative estimate of drug-likeness (QED) is 0.537. The Morgan fingerprint density at radius 2 is 1.74 bits per heavy atom. The van der Waals surface area contributed by atoms with Crippen LogP contribution < -0.4 is 15.8 Å². The summed E-state index contributed by atoms with van der Waals surface area (Å²) in [7, 11) is 1.57. The van der Waals surface area contributed by atoms with Gasteiger partial charge in [0.05, 0.1) is 12.7 Å². The Kier molecular flexibility index (Phi) is 4.48. The summed E-state index contributed by atoms with van der Waals surface area (Å²) < 4.78 is 5.38. The van der Waals surface area contributed by atoms with Gasteiger partial charge in [0.2, 0.25) is 11.9 Å². The highest BCUT2D eigenvalue weighted by atomic mass is 35.5. The van der Waals surface area contributed by atoms with E-state index in [1.165, 1.54) is 0 Å². The molecule has 0 aliphatic carbocycles. The standard InChI is InChI=1S/C20H16ClN5O/c1-27-17-9-7-14(21)11-16(17)18-24-19(22)26-20(25-18)23-15-8-6-12-4-2-3-5-13(12)10-15/h2-11H,1H3,(H3,22,23,24,25,26). The van der Waals surface area contributed by atoms with E-state index in [1.54, 1.807) is 25.3 Å². The molecule has 1 aromatic heterocycles. The maximum absolute atomic E-state index is 6.11. The fourth-order valence-corrected chi connectivity index (χ4v) is 2.99. The van der Waals surface area contributed by atoms with Gasteiger partial charge < -0.3 is 15.8 Å². The summed E-state index contributed by atoms with van der Waals surface area (Å²) in [5.41, 5.74) is 7.38. The van der Waals surface area contributed by atoms with Crippen molar-refractivity contribution in [2.24, 2.45) is 0 Å². The van der Waals surface area contributed by atoms with Crippen LogP contribution in [0.3, 0.4) is 0 Å². The number of nitrogens with zero attached hydrogens (tertiary/aromatic N) is 3. The maximum Gasteiger partial charge on any atom is 0.232 e. The summed E-state index contributed by atoms with van der Waals surface area (Å²) in [4.78, 5) is 12.9. The molecule has 0 aliphatic heterocycles. The monoisotopic (exact) mass is 377 g/mol. The number of fused-ring (bicyclic) bond motifs is 1. The maximum atomic E-state index is 6.11. The summed E-state index contributed by atoms with van der Waals surface area (Å²) >= 11 is 6.11. The first-order valence-electron chi connectivity index (χ1n) is 8.24. The predicted molar refractivity (Wildman–Crippen MR) is 108 cm³/mol. The van der Waals surface area contributed by atoms with Gasteiger partial charge in [-0.1, -0.05) is 41.9 Å². The molecular formula is C20H16ClN5O. The minimum Gasteiger partial charge on any atom is -0.496 e. The van der Waals surface area contributed by atoms with Crippen LogP contribution in [-0.2, 0) is 0 Å². The van der Waals surface area contributed by atoms with Crippen LogP contribution in [-0.4, -0.2) is 22.1 Å². The predicted octanol–water partition coefficient (Wildman–Crippen LogP) is 4.68. The molecule has 3 N–H and O–H groups in total. The summed E-state index contributed by atoms with van der Waals surface area (Å²) in [6.45, 7) is 0. The van der Waals surface area contributed by atoms with E-state index in [9.17, 15) is 0 Å². The molecule has 0 saturated heterocycles. The first-order chi connectivity index (χ1) is 13.1. The number of rotatable bonds is 4. The fourth-order valence-electron chi connectivity index (χ4n) is 2.82. The molecule has 0 aliphatic rings. The number of nitrogen functional groups attached to an aromatic ring is 1. The van der Waals surface area contributed by atoms with Crippen molar-refractivity contribution in [3.63, 3.8) is 0 Å². The average Bonchev–Trinajstić information content (AvgIpc) is 2.67. The van der Waals surface area contributed by atoms with Gasteiger partial charge in [0, 0.05) is 10.7 Å². The van der Waals surface area contributed by atoms with Gasteiger partial charge in [-0.05, 0) is 41.1 Å². The molecule has 6 nitrogen and oxygen atoms in total. The van der Waals surface area contributed by atoms with Crippen molar-refractivity contribution in [2.75, 3.05) is 18.2 Å². The molecule has 0 fully saturated rings. The lowest BCUT2D eigenvalue weighted by Crippen LogP contribution is -2.05. The second-order valence-corrected chi connectivity index (χ2v) is 6.31. The van der Waals surface area contributed by atoms with Crippen molar-refractivity contribution < 1.29 is 4.74 Å². The fraction of sp³-hybridized carbons (Fsp3) is 0.0500. The first kappa shape index (κ1) is 17.1. The lowest BCUT2D eigenvalue weighted by molar-refractivity contribution is 0.416. The van der Waals surface area contributed by atoms with Crippen LogP contribution in [0.15, 0.2) is 60.7 Å². The number of anilines is 3. The van der Waals surface area contributed by atoms with Crippen LogP contribution in [0.5, 0.6) is 5.75 Å². The minimum atomic E-state index is 0.102. The first-order valence-corrected chi connectivity index (χ1v) is 8.61. The molecule has 27 heavy (non-hydrogen) atoms. The van der Waals surface area contributed by atoms with E-state index >= 15 is 0 Å². The zero-order chi connectivity index (χ0) is 18.8. The Morgan fingerprint density at radius 1 is 0.926 bits per heavy atom. The summed E-state index contributed by atoms with van der Waals surface area (Å²) in [5, 5.41) is 6.00. The highest BCUT2D eigenvalue weighted by molar-refractivity contribution is 6.30. The van der Waals surface area contributed by atoms with Crippen LogP contribution in [0.4, 0.5) is 17.6 Å². The Hall–Kier alpha value is -3.38. The number of benzene rings is 3. The topological polar surface area (TPSA) is 86.0 Å². The molecule has 0 radical (unpaired) electrons. The van der Waals surface area contributed by atoms with E-state index in [4.69, 9.17) is 22.1 Å². The minimum absolute atomic E-state index is 0.102. The van der Waals surface area contributed by atoms with Crippen LogP contribution in [0.1, 0.15) is 0 Å². The molecular weight excluding hydrogens is 362 g/mol. The number of aromatic nitrogens is 3. The normalized spacial score (nSPS) is 10.7. The van der Waals surface area contributed by atoms with Crippen molar-refractivity contribution >= 4 is 40.0 Å². The smallest absolute Gasteiger partial charge is 0.232 e. The number of hydrogen-bond acceptors (Lipinski definition) is 6. The molecule has 134 valence electrons. The highest BCUT2D eigenvalue weighted by Crippen LogP contribution is 2.31. The van der Waals surface area contributed by atoms with Crippen LogP contribution in [0.25, 0.3) is 22.2 Å². The Balaban J connectivity index is 1.73. The van der Waals surface area contributed by atoms with E-state index in [1.807, 2.05) is 36.4 Å². The number of halogens is 1. The van der Waals surface area contributed by atoms with Crippen molar-refractivity contribution in [2.45, 2.75) is 0 Å². The Labute approximate surface area is 161 Å². The van der Waals surface area contributed by atoms with E-state index in [-0.39, 0.29) is 5.95 Å². The van der Waals surface area contributed by atoms with E-state index in [0.29, 0.717) is 28.1 Å². The molecule has 0 spiro atoms. The zero-order valence-electron chi connectivity index (χ0n) is 14.5. The van der Waals surface area contributed by atoms with Gasteiger partial charge in [-0.3, -0.25) is 0 Å². The van der Waals surface area contributed by atoms with Gasteiger partial charge in [0.1, 0.15) is 5.75 Å². The molecule has 0 atom stereocenters. The molecule has 0 bridgehead atoms. The molecule has 7 heteroatoms. The summed E-state index contributed by atoms with van der Waals surface area (Å²) in [5.74, 6) is 1.42. The number of methoxy groups -OCH3 is 1. The van der Waals surface area contributed by atoms with Crippen molar-refractivity contribution in [1.29, 1.82) is 0 Å². The third-order valence-corrected chi connectivity index (χ3v) is 4.30. The number of ether oxygens (including phenoxy) is 1. The Bertz CT molecular complexity index is 1130. The van der Waals surface area contributed by atoms with E-state index < -0.39 is 0 Å².